The molecule has 0 N–H and O–H groups in total. The average Bonchev–Trinajstić information content (AvgIpc) is 3.37. The predicted molar refractivity (Wildman–Crippen MR) is 124 cm³/mol. The molecule has 2 aliphatic rings. The molecular formula is C23H28Cl2N4O2. The number of ether oxygens (including phenoxy) is 1. The maximum Gasteiger partial charge on any atom is 0.246 e. The van der Waals surface area contributed by atoms with Crippen LogP contribution in [-0.2, 0) is 16.1 Å². The van der Waals surface area contributed by atoms with E-state index >= 15 is 0 Å². The molecule has 4 rings (SSSR count). The number of nitrogens with zero attached hydrogens (tertiary/aromatic N) is 4. The van der Waals surface area contributed by atoms with Gasteiger partial charge in [-0.15, -0.1) is 0 Å². The molecule has 2 aromatic rings. The number of amides is 1. The molecule has 1 amide bonds. The van der Waals surface area contributed by atoms with E-state index in [9.17, 15) is 4.79 Å². The maximum absolute atomic E-state index is 12.7. The zero-order valence-electron chi connectivity index (χ0n) is 17.8. The van der Waals surface area contributed by atoms with Crippen molar-refractivity contribution < 1.29 is 9.53 Å². The zero-order chi connectivity index (χ0) is 21.8. The highest BCUT2D eigenvalue weighted by molar-refractivity contribution is 6.31. The number of carbonyl (C=O) groups excluding carboxylic acids is 1. The molecule has 6 nitrogen and oxygen atoms in total. The number of aryl methyl sites for hydroxylation is 1. The average molecular weight is 463 g/mol. The minimum atomic E-state index is 0.0117. The van der Waals surface area contributed by atoms with Gasteiger partial charge in [-0.25, -0.2) is 4.68 Å². The second-order valence-electron chi connectivity index (χ2n) is 8.17. The Hall–Kier alpha value is -1.86. The second-order valence-corrected chi connectivity index (χ2v) is 8.96. The fourth-order valence-electron chi connectivity index (χ4n) is 4.11. The lowest BCUT2D eigenvalue weighted by molar-refractivity contribution is -0.127. The molecule has 0 saturated carbocycles. The van der Waals surface area contributed by atoms with E-state index in [0.717, 1.165) is 69.0 Å². The number of benzene rings is 1. The van der Waals surface area contributed by atoms with Gasteiger partial charge < -0.3 is 9.64 Å². The van der Waals surface area contributed by atoms with E-state index in [1.807, 2.05) is 36.1 Å². The van der Waals surface area contributed by atoms with Crippen LogP contribution in [0.4, 0.5) is 0 Å². The molecule has 3 heterocycles. The summed E-state index contributed by atoms with van der Waals surface area (Å²) in [5, 5.41) is 5.76. The summed E-state index contributed by atoms with van der Waals surface area (Å²) in [6.07, 6.45) is 6.05. The van der Waals surface area contributed by atoms with Gasteiger partial charge in [-0.1, -0.05) is 35.3 Å². The third kappa shape index (κ3) is 5.69. The van der Waals surface area contributed by atoms with Gasteiger partial charge >= 0.3 is 0 Å². The van der Waals surface area contributed by atoms with Crippen molar-refractivity contribution in [3.63, 3.8) is 0 Å². The summed E-state index contributed by atoms with van der Waals surface area (Å²) in [5.41, 5.74) is 2.63. The van der Waals surface area contributed by atoms with Crippen LogP contribution in [0.2, 0.25) is 10.2 Å². The maximum atomic E-state index is 12.7. The fraction of sp³-hybridized carbons (Fsp3) is 0.478. The lowest BCUT2D eigenvalue weighted by Crippen LogP contribution is -2.50. The summed E-state index contributed by atoms with van der Waals surface area (Å²) >= 11 is 12.5. The fourth-order valence-corrected chi connectivity index (χ4v) is 4.53. The van der Waals surface area contributed by atoms with Crippen LogP contribution in [0.3, 0.4) is 0 Å². The Morgan fingerprint density at radius 2 is 1.94 bits per heavy atom. The van der Waals surface area contributed by atoms with Crippen molar-refractivity contribution in [1.29, 1.82) is 0 Å². The van der Waals surface area contributed by atoms with Crippen LogP contribution in [0, 0.1) is 6.92 Å². The van der Waals surface area contributed by atoms with Crippen LogP contribution in [-0.4, -0.2) is 70.9 Å². The molecule has 0 unspecified atom stereocenters. The highest BCUT2D eigenvalue weighted by atomic mass is 35.5. The summed E-state index contributed by atoms with van der Waals surface area (Å²) in [7, 11) is 0. The molecule has 1 atom stereocenters. The Kier molecular flexibility index (Phi) is 7.33. The Labute approximate surface area is 193 Å². The van der Waals surface area contributed by atoms with Crippen molar-refractivity contribution in [2.24, 2.45) is 0 Å². The first-order valence-corrected chi connectivity index (χ1v) is 11.5. The van der Waals surface area contributed by atoms with Crippen LogP contribution >= 0.6 is 23.2 Å². The molecule has 2 aliphatic heterocycles. The van der Waals surface area contributed by atoms with E-state index in [0.29, 0.717) is 22.8 Å². The largest absolute Gasteiger partial charge is 0.377 e. The minimum Gasteiger partial charge on any atom is -0.377 e. The minimum absolute atomic E-state index is 0.0117. The summed E-state index contributed by atoms with van der Waals surface area (Å²) in [5.74, 6) is 0.0117. The molecule has 31 heavy (non-hydrogen) atoms. The van der Waals surface area contributed by atoms with Gasteiger partial charge in [-0.05, 0) is 43.5 Å². The lowest BCUT2D eigenvalue weighted by Gasteiger charge is -2.35. The van der Waals surface area contributed by atoms with Gasteiger partial charge in [0.25, 0.3) is 0 Å². The van der Waals surface area contributed by atoms with Crippen LogP contribution in [0.15, 0.2) is 30.3 Å². The van der Waals surface area contributed by atoms with E-state index in [-0.39, 0.29) is 5.91 Å². The van der Waals surface area contributed by atoms with Crippen molar-refractivity contribution in [3.05, 3.63) is 57.3 Å². The normalized spacial score (nSPS) is 20.1. The summed E-state index contributed by atoms with van der Waals surface area (Å²) < 4.78 is 7.47. The molecule has 0 radical (unpaired) electrons. The van der Waals surface area contributed by atoms with E-state index in [2.05, 4.69) is 10.00 Å². The standard InChI is InChI=1S/C23H28Cl2N4O2/c1-17-21(23(25)29(26-17)15-18-4-6-19(24)7-5-18)8-9-22(30)28-12-10-27(11-13-28)16-20-3-2-14-31-20/h4-9,20H,2-3,10-16H2,1H3/b9-8+/t20-/m0/s1. The number of rotatable bonds is 6. The van der Waals surface area contributed by atoms with Crippen molar-refractivity contribution in [2.75, 3.05) is 39.3 Å². The SMILES string of the molecule is Cc1nn(Cc2ccc(Cl)cc2)c(Cl)c1/C=C/C(=O)N1CCN(C[C@@H]2CCCO2)CC1. The van der Waals surface area contributed by atoms with E-state index in [1.165, 1.54) is 0 Å². The highest BCUT2D eigenvalue weighted by Crippen LogP contribution is 2.23. The number of hydrogen-bond acceptors (Lipinski definition) is 4. The molecule has 2 fully saturated rings. The lowest BCUT2D eigenvalue weighted by atomic mass is 10.2. The molecule has 2 saturated heterocycles. The second kappa shape index (κ2) is 10.2. The Balaban J connectivity index is 1.33. The van der Waals surface area contributed by atoms with Gasteiger partial charge in [-0.2, -0.15) is 5.10 Å². The van der Waals surface area contributed by atoms with Gasteiger partial charge in [0.15, 0.2) is 0 Å². The van der Waals surface area contributed by atoms with Gasteiger partial charge in [0, 0.05) is 56.0 Å². The topological polar surface area (TPSA) is 50.6 Å². The zero-order valence-corrected chi connectivity index (χ0v) is 19.3. The molecule has 8 heteroatoms. The van der Waals surface area contributed by atoms with E-state index in [1.54, 1.807) is 16.8 Å². The van der Waals surface area contributed by atoms with Crippen LogP contribution in [0.1, 0.15) is 29.7 Å². The molecule has 0 aliphatic carbocycles. The monoisotopic (exact) mass is 462 g/mol. The molecule has 1 aromatic carbocycles. The van der Waals surface area contributed by atoms with Gasteiger partial charge in [-0.3, -0.25) is 9.69 Å². The third-order valence-electron chi connectivity index (χ3n) is 5.92. The number of halogens is 2. The quantitative estimate of drug-likeness (QED) is 0.611. The van der Waals surface area contributed by atoms with Crippen molar-refractivity contribution in [1.82, 2.24) is 19.6 Å². The number of aromatic nitrogens is 2. The first-order chi connectivity index (χ1) is 15.0. The summed E-state index contributed by atoms with van der Waals surface area (Å²) in [4.78, 5) is 17.0. The van der Waals surface area contributed by atoms with Crippen molar-refractivity contribution in [3.8, 4) is 0 Å². The molecular weight excluding hydrogens is 435 g/mol. The van der Waals surface area contributed by atoms with E-state index < -0.39 is 0 Å². The first-order valence-electron chi connectivity index (χ1n) is 10.8. The molecule has 0 bridgehead atoms. The van der Waals surface area contributed by atoms with Crippen molar-refractivity contribution >= 4 is 35.2 Å². The third-order valence-corrected chi connectivity index (χ3v) is 6.57. The molecule has 166 valence electrons. The Morgan fingerprint density at radius 1 is 1.19 bits per heavy atom. The number of carbonyl (C=O) groups is 1. The van der Waals surface area contributed by atoms with Gasteiger partial charge in [0.2, 0.25) is 5.91 Å². The van der Waals surface area contributed by atoms with Crippen LogP contribution in [0.25, 0.3) is 6.08 Å². The Morgan fingerprint density at radius 3 is 2.61 bits per heavy atom. The highest BCUT2D eigenvalue weighted by Gasteiger charge is 2.24. The first kappa shape index (κ1) is 22.3. The summed E-state index contributed by atoms with van der Waals surface area (Å²) in [6.45, 7) is 7.54. The van der Waals surface area contributed by atoms with Crippen LogP contribution < -0.4 is 0 Å². The number of hydrogen-bond donors (Lipinski definition) is 0. The number of piperazine rings is 1. The predicted octanol–water partition coefficient (Wildman–Crippen LogP) is 3.88. The Bertz CT molecular complexity index is 928. The molecule has 1 aromatic heterocycles. The van der Waals surface area contributed by atoms with Crippen LogP contribution in [0.5, 0.6) is 0 Å². The summed E-state index contributed by atoms with van der Waals surface area (Å²) in [6, 6.07) is 7.60. The van der Waals surface area contributed by atoms with Gasteiger partial charge in [0.1, 0.15) is 5.15 Å². The van der Waals surface area contributed by atoms with E-state index in [4.69, 9.17) is 27.9 Å². The molecule has 0 spiro atoms. The van der Waals surface area contributed by atoms with Gasteiger partial charge in [0.05, 0.1) is 18.3 Å². The van der Waals surface area contributed by atoms with Crippen molar-refractivity contribution in [2.45, 2.75) is 32.4 Å². The smallest absolute Gasteiger partial charge is 0.246 e.